The van der Waals surface area contributed by atoms with Gasteiger partial charge < -0.3 is 14.6 Å². The molecule has 23 heavy (non-hydrogen) atoms. The van der Waals surface area contributed by atoms with Crippen molar-refractivity contribution in [2.75, 3.05) is 6.54 Å². The molecule has 1 aliphatic rings. The first-order valence-electron chi connectivity index (χ1n) is 7.73. The molecular formula is C17H19BrN2O3. The van der Waals surface area contributed by atoms with Crippen molar-refractivity contribution < 1.29 is 14.7 Å². The predicted molar refractivity (Wildman–Crippen MR) is 91.4 cm³/mol. The van der Waals surface area contributed by atoms with Crippen molar-refractivity contribution >= 4 is 38.7 Å². The monoisotopic (exact) mass is 378 g/mol. The van der Waals surface area contributed by atoms with Crippen LogP contribution in [-0.2, 0) is 16.1 Å². The van der Waals surface area contributed by atoms with Gasteiger partial charge in [0.25, 0.3) is 0 Å². The van der Waals surface area contributed by atoms with Gasteiger partial charge in [0, 0.05) is 33.7 Å². The van der Waals surface area contributed by atoms with Gasteiger partial charge in [-0.1, -0.05) is 18.2 Å². The summed E-state index contributed by atoms with van der Waals surface area (Å²) in [6.45, 7) is 2.88. The molecule has 0 saturated carbocycles. The smallest absolute Gasteiger partial charge is 0.305 e. The van der Waals surface area contributed by atoms with Crippen molar-refractivity contribution in [2.24, 2.45) is 0 Å². The minimum atomic E-state index is -0.847. The zero-order chi connectivity index (χ0) is 16.6. The number of para-hydroxylation sites is 1. The third-order valence-electron chi connectivity index (χ3n) is 4.55. The van der Waals surface area contributed by atoms with Crippen LogP contribution in [0.3, 0.4) is 0 Å². The summed E-state index contributed by atoms with van der Waals surface area (Å²) < 4.78 is 3.00. The molecule has 1 N–H and O–H groups in total. The number of nitrogens with zero attached hydrogens (tertiary/aromatic N) is 2. The Morgan fingerprint density at radius 3 is 2.83 bits per heavy atom. The van der Waals surface area contributed by atoms with Crippen LogP contribution >= 0.6 is 15.9 Å². The summed E-state index contributed by atoms with van der Waals surface area (Å²) in [7, 11) is 0. The number of carbonyl (C=O) groups excluding carboxylic acids is 1. The lowest BCUT2D eigenvalue weighted by Gasteiger charge is -2.24. The molecule has 1 aromatic carbocycles. The van der Waals surface area contributed by atoms with E-state index in [2.05, 4.69) is 15.9 Å². The Bertz CT molecular complexity index is 769. The molecule has 1 aliphatic heterocycles. The van der Waals surface area contributed by atoms with Gasteiger partial charge >= 0.3 is 5.97 Å². The number of fused-ring (bicyclic) bond motifs is 1. The number of hydrogen-bond acceptors (Lipinski definition) is 2. The fraction of sp³-hybridized carbons (Fsp3) is 0.412. The van der Waals surface area contributed by atoms with Crippen LogP contribution in [0, 0.1) is 6.92 Å². The predicted octanol–water partition coefficient (Wildman–Crippen LogP) is 3.18. The Balaban J connectivity index is 1.86. The molecule has 0 bridgehead atoms. The molecule has 1 atom stereocenters. The number of carbonyl (C=O) groups is 2. The third kappa shape index (κ3) is 3.00. The number of carboxylic acids is 1. The van der Waals surface area contributed by atoms with Crippen LogP contribution in [0.15, 0.2) is 28.7 Å². The van der Waals surface area contributed by atoms with Crippen LogP contribution in [0.1, 0.15) is 25.0 Å². The summed E-state index contributed by atoms with van der Waals surface area (Å²) in [6.07, 6.45) is 1.67. The first kappa shape index (κ1) is 16.1. The van der Waals surface area contributed by atoms with Gasteiger partial charge in [0.2, 0.25) is 5.91 Å². The van der Waals surface area contributed by atoms with Gasteiger partial charge in [0.15, 0.2) is 0 Å². The van der Waals surface area contributed by atoms with Gasteiger partial charge in [0.1, 0.15) is 6.54 Å². The first-order valence-corrected chi connectivity index (χ1v) is 8.53. The van der Waals surface area contributed by atoms with E-state index in [1.807, 2.05) is 35.8 Å². The number of aromatic nitrogens is 1. The van der Waals surface area contributed by atoms with Gasteiger partial charge in [-0.3, -0.25) is 9.59 Å². The topological polar surface area (TPSA) is 62.5 Å². The molecule has 3 rings (SSSR count). The van der Waals surface area contributed by atoms with E-state index in [9.17, 15) is 9.59 Å². The lowest BCUT2D eigenvalue weighted by Crippen LogP contribution is -2.39. The van der Waals surface area contributed by atoms with E-state index in [1.165, 1.54) is 0 Å². The Labute approximate surface area is 143 Å². The maximum absolute atomic E-state index is 12.7. The molecule has 0 spiro atoms. The molecule has 1 saturated heterocycles. The lowest BCUT2D eigenvalue weighted by atomic mass is 10.1. The molecule has 0 radical (unpaired) electrons. The summed E-state index contributed by atoms with van der Waals surface area (Å²) in [6, 6.07) is 7.78. The summed E-state index contributed by atoms with van der Waals surface area (Å²) >= 11 is 3.60. The van der Waals surface area contributed by atoms with Crippen LogP contribution in [0.25, 0.3) is 10.9 Å². The molecule has 0 aliphatic carbocycles. The number of halogens is 1. The average molecular weight is 379 g/mol. The zero-order valence-electron chi connectivity index (χ0n) is 13.0. The highest BCUT2D eigenvalue weighted by molar-refractivity contribution is 9.10. The van der Waals surface area contributed by atoms with Crippen molar-refractivity contribution in [2.45, 2.75) is 38.8 Å². The summed E-state index contributed by atoms with van der Waals surface area (Å²) in [4.78, 5) is 25.4. The van der Waals surface area contributed by atoms with Crippen LogP contribution in [0.2, 0.25) is 0 Å². The van der Waals surface area contributed by atoms with E-state index in [4.69, 9.17) is 5.11 Å². The maximum Gasteiger partial charge on any atom is 0.305 e. The van der Waals surface area contributed by atoms with Crippen LogP contribution < -0.4 is 0 Å². The van der Waals surface area contributed by atoms with Crippen molar-refractivity contribution in [3.8, 4) is 0 Å². The normalized spacial score (nSPS) is 17.8. The second-order valence-electron chi connectivity index (χ2n) is 5.98. The molecule has 1 amide bonds. The number of likely N-dealkylation sites (tertiary alicyclic amines) is 1. The molecule has 6 heteroatoms. The average Bonchev–Trinajstić information content (AvgIpc) is 3.06. The van der Waals surface area contributed by atoms with Gasteiger partial charge in [0.05, 0.1) is 6.42 Å². The minimum Gasteiger partial charge on any atom is -0.481 e. The second kappa shape index (κ2) is 6.35. The fourth-order valence-corrected chi connectivity index (χ4v) is 3.95. The van der Waals surface area contributed by atoms with Crippen LogP contribution in [0.5, 0.6) is 0 Å². The summed E-state index contributed by atoms with van der Waals surface area (Å²) in [5.41, 5.74) is 2.02. The van der Waals surface area contributed by atoms with E-state index in [0.717, 1.165) is 33.9 Å². The highest BCUT2D eigenvalue weighted by atomic mass is 79.9. The largest absolute Gasteiger partial charge is 0.481 e. The van der Waals surface area contributed by atoms with Gasteiger partial charge in [-0.05, 0) is 41.8 Å². The SMILES string of the molecule is Cc1c(Br)c2ccccc2n1CC(=O)N1CCCC1CC(=O)O. The number of amides is 1. The molecule has 2 aromatic rings. The third-order valence-corrected chi connectivity index (χ3v) is 5.56. The van der Waals surface area contributed by atoms with Gasteiger partial charge in [-0.25, -0.2) is 0 Å². The van der Waals surface area contributed by atoms with E-state index < -0.39 is 5.97 Å². The van der Waals surface area contributed by atoms with Crippen LogP contribution in [0.4, 0.5) is 0 Å². The number of benzene rings is 1. The Morgan fingerprint density at radius 2 is 2.09 bits per heavy atom. The van der Waals surface area contributed by atoms with E-state index >= 15 is 0 Å². The van der Waals surface area contributed by atoms with Gasteiger partial charge in [-0.15, -0.1) is 0 Å². The summed E-state index contributed by atoms with van der Waals surface area (Å²) in [5, 5.41) is 10.1. The fourth-order valence-electron chi connectivity index (χ4n) is 3.40. The van der Waals surface area contributed by atoms with E-state index in [-0.39, 0.29) is 24.9 Å². The number of hydrogen-bond donors (Lipinski definition) is 1. The van der Waals surface area contributed by atoms with Crippen molar-refractivity contribution in [3.63, 3.8) is 0 Å². The van der Waals surface area contributed by atoms with E-state index in [0.29, 0.717) is 6.54 Å². The quantitative estimate of drug-likeness (QED) is 0.888. The number of aliphatic carboxylic acids is 1. The maximum atomic E-state index is 12.7. The standard InChI is InChI=1S/C17H19BrN2O3/c1-11-17(18)13-6-2-3-7-14(13)20(11)10-15(21)19-8-4-5-12(19)9-16(22)23/h2-3,6-7,12H,4-5,8-10H2,1H3,(H,22,23). The number of rotatable bonds is 4. The number of carboxylic acid groups (broad SMARTS) is 1. The van der Waals surface area contributed by atoms with Gasteiger partial charge in [-0.2, -0.15) is 0 Å². The zero-order valence-corrected chi connectivity index (χ0v) is 14.5. The Kier molecular flexibility index (Phi) is 4.43. The molecule has 1 aromatic heterocycles. The van der Waals surface area contributed by atoms with Crippen LogP contribution in [-0.4, -0.2) is 39.0 Å². The summed E-state index contributed by atoms with van der Waals surface area (Å²) in [5.74, 6) is -0.856. The second-order valence-corrected chi connectivity index (χ2v) is 6.78. The molecule has 1 fully saturated rings. The lowest BCUT2D eigenvalue weighted by molar-refractivity contribution is -0.140. The highest BCUT2D eigenvalue weighted by Gasteiger charge is 2.30. The van der Waals surface area contributed by atoms with Crippen molar-refractivity contribution in [1.82, 2.24) is 9.47 Å². The Hall–Kier alpha value is -1.82. The van der Waals surface area contributed by atoms with Crippen molar-refractivity contribution in [1.29, 1.82) is 0 Å². The molecule has 5 nitrogen and oxygen atoms in total. The highest BCUT2D eigenvalue weighted by Crippen LogP contribution is 2.31. The van der Waals surface area contributed by atoms with Crippen molar-refractivity contribution in [3.05, 3.63) is 34.4 Å². The first-order chi connectivity index (χ1) is 11.0. The molecular weight excluding hydrogens is 360 g/mol. The minimum absolute atomic E-state index is 0.00916. The van der Waals surface area contributed by atoms with E-state index in [1.54, 1.807) is 4.90 Å². The molecule has 2 heterocycles. The molecule has 122 valence electrons. The Morgan fingerprint density at radius 1 is 1.35 bits per heavy atom. The molecule has 1 unspecified atom stereocenters.